The van der Waals surface area contributed by atoms with Gasteiger partial charge in [-0.3, -0.25) is 0 Å². The van der Waals surface area contributed by atoms with Crippen molar-refractivity contribution in [2.75, 3.05) is 6.17 Å². The van der Waals surface area contributed by atoms with Crippen molar-refractivity contribution in [3.05, 3.63) is 16.9 Å². The van der Waals surface area contributed by atoms with Crippen LogP contribution in [-0.2, 0) is 21.1 Å². The van der Waals surface area contributed by atoms with Crippen molar-refractivity contribution >= 4 is 8.80 Å². The van der Waals surface area contributed by atoms with Crippen molar-refractivity contribution < 1.29 is 21.1 Å². The van der Waals surface area contributed by atoms with Gasteiger partial charge in [-0.2, -0.15) is 13.8 Å². The number of hydrogen-bond donors (Lipinski definition) is 0. The Hall–Kier alpha value is 0.215. The minimum absolute atomic E-state index is 0. The fourth-order valence-electron chi connectivity index (χ4n) is 0.173. The van der Waals surface area contributed by atoms with E-state index in [0.717, 1.165) is 0 Å². The second kappa shape index (κ2) is 16.7. The molecule has 0 unspecified atom stereocenters. The van der Waals surface area contributed by atoms with Crippen LogP contribution in [-0.4, -0.2) is 15.0 Å². The van der Waals surface area contributed by atoms with E-state index in [1.807, 2.05) is 20.3 Å². The minimum atomic E-state index is -0.318. The Morgan fingerprint density at radius 3 is 1.91 bits per heavy atom. The topological polar surface area (TPSA) is 48.8 Å². The number of nitrogens with zero attached hydrogens (tertiary/aromatic N) is 3. The van der Waals surface area contributed by atoms with Crippen LogP contribution in [0.2, 0.25) is 13.1 Å². The van der Waals surface area contributed by atoms with Gasteiger partial charge in [0.25, 0.3) is 0 Å². The van der Waals surface area contributed by atoms with Gasteiger partial charge >= 0.3 is 0 Å². The number of rotatable bonds is 2. The Kier molecular flexibility index (Phi) is 26.3. The first-order chi connectivity index (χ1) is 4.68. The van der Waals surface area contributed by atoms with Crippen LogP contribution in [0.1, 0.15) is 13.8 Å². The summed E-state index contributed by atoms with van der Waals surface area (Å²) in [5.74, 6) is 0. The summed E-state index contributed by atoms with van der Waals surface area (Å²) in [5, 5.41) is 3.40. The molecule has 0 aliphatic carbocycles. The zero-order valence-electron chi connectivity index (χ0n) is 7.53. The number of azide groups is 1. The molecule has 0 aliphatic rings. The van der Waals surface area contributed by atoms with Crippen molar-refractivity contribution in [2.24, 2.45) is 5.11 Å². The molecule has 5 heteroatoms. The first-order valence-electron chi connectivity index (χ1n) is 3.22. The zero-order chi connectivity index (χ0) is 8.41. The Balaban J connectivity index is -0.000000140. The quantitative estimate of drug-likeness (QED) is 0.244. The first-order valence-corrected chi connectivity index (χ1v) is 5.93. The van der Waals surface area contributed by atoms with E-state index < -0.39 is 0 Å². The monoisotopic (exact) mass is 341 g/mol. The summed E-state index contributed by atoms with van der Waals surface area (Å²) in [4.78, 5) is 2.63. The SMILES string of the molecule is C[CH-]C.C[Si](C)CN=[N+]=[N-].[W]. The van der Waals surface area contributed by atoms with Crippen molar-refractivity contribution in [3.8, 4) is 0 Å². The molecule has 0 fully saturated rings. The summed E-state index contributed by atoms with van der Waals surface area (Å²) in [6.45, 7) is 8.22. The normalized spacial score (nSPS) is 7.00. The van der Waals surface area contributed by atoms with Crippen LogP contribution in [0, 0.1) is 6.42 Å². The zero-order valence-corrected chi connectivity index (χ0v) is 11.5. The summed E-state index contributed by atoms with van der Waals surface area (Å²) in [6, 6.07) is 0. The summed E-state index contributed by atoms with van der Waals surface area (Å²) < 4.78 is 0. The Morgan fingerprint density at radius 2 is 1.82 bits per heavy atom. The van der Waals surface area contributed by atoms with Crippen LogP contribution in [0.3, 0.4) is 0 Å². The van der Waals surface area contributed by atoms with Crippen LogP contribution in [0.4, 0.5) is 0 Å². The molecule has 0 rings (SSSR count). The predicted octanol–water partition coefficient (Wildman–Crippen LogP) is 2.82. The van der Waals surface area contributed by atoms with Crippen molar-refractivity contribution in [1.29, 1.82) is 0 Å². The molecule has 3 nitrogen and oxygen atoms in total. The smallest absolute Gasteiger partial charge is 0.0484 e. The van der Waals surface area contributed by atoms with Crippen molar-refractivity contribution in [3.63, 3.8) is 0 Å². The van der Waals surface area contributed by atoms with Crippen LogP contribution in [0.5, 0.6) is 0 Å². The van der Waals surface area contributed by atoms with Crippen LogP contribution in [0.15, 0.2) is 5.11 Å². The van der Waals surface area contributed by atoms with Crippen LogP contribution in [0.25, 0.3) is 10.4 Å². The van der Waals surface area contributed by atoms with Gasteiger partial charge in [-0.1, -0.05) is 18.2 Å². The van der Waals surface area contributed by atoms with E-state index in [9.17, 15) is 0 Å². The first kappa shape index (κ1) is 17.3. The molecule has 0 aromatic carbocycles. The number of hydrogen-bond acceptors (Lipinski definition) is 1. The molecule has 0 amide bonds. The average Bonchev–Trinajstić information content (AvgIpc) is 1.85. The second-order valence-corrected chi connectivity index (χ2v) is 4.90. The molecule has 0 heterocycles. The third-order valence-corrected chi connectivity index (χ3v) is 1.22. The van der Waals surface area contributed by atoms with Crippen LogP contribution < -0.4 is 0 Å². The van der Waals surface area contributed by atoms with E-state index in [0.29, 0.717) is 6.17 Å². The van der Waals surface area contributed by atoms with Gasteiger partial charge in [0.15, 0.2) is 0 Å². The summed E-state index contributed by atoms with van der Waals surface area (Å²) in [5.41, 5.74) is 7.79. The predicted molar refractivity (Wildman–Crippen MR) is 47.1 cm³/mol. The molecule has 0 aromatic rings. The third kappa shape index (κ3) is 38.8. The Morgan fingerprint density at radius 1 is 1.45 bits per heavy atom. The largest absolute Gasteiger partial charge is 0.335 e. The molecule has 0 saturated carbocycles. The van der Waals surface area contributed by atoms with Gasteiger partial charge < -0.3 is 6.42 Å². The van der Waals surface area contributed by atoms with E-state index in [2.05, 4.69) is 23.1 Å². The molecule has 1 radical (unpaired) electrons. The average molecular weight is 341 g/mol. The van der Waals surface area contributed by atoms with E-state index in [-0.39, 0.29) is 29.9 Å². The Bertz CT molecular complexity index is 102. The molecule has 0 spiro atoms. The molecular weight excluding hydrogens is 326 g/mol. The van der Waals surface area contributed by atoms with E-state index >= 15 is 0 Å². The molecule has 0 atom stereocenters. The van der Waals surface area contributed by atoms with Gasteiger partial charge in [-0.05, 0) is 5.53 Å². The molecule has 0 aliphatic heterocycles. The fourth-order valence-corrected chi connectivity index (χ4v) is 0.519. The van der Waals surface area contributed by atoms with Gasteiger partial charge in [0.05, 0.1) is 0 Å². The minimum Gasteiger partial charge on any atom is -0.335 e. The van der Waals surface area contributed by atoms with Crippen molar-refractivity contribution in [1.82, 2.24) is 0 Å². The summed E-state index contributed by atoms with van der Waals surface area (Å²) in [7, 11) is -0.318. The standard InChI is InChI=1S/C3H8N3Si.C3H7.W/c1-7(2)3-5-6-4;1-3-2;/h3H2,1-2H3;3H,1-2H3;/q;-1;. The third-order valence-electron chi connectivity index (χ3n) is 0.450. The molecule has 11 heavy (non-hydrogen) atoms. The van der Waals surface area contributed by atoms with E-state index in [1.165, 1.54) is 0 Å². The van der Waals surface area contributed by atoms with Gasteiger partial charge in [0.1, 0.15) is 0 Å². The van der Waals surface area contributed by atoms with E-state index in [1.54, 1.807) is 0 Å². The molecule has 0 N–H and O–H groups in total. The fraction of sp³-hybridized carbons (Fsp3) is 0.833. The van der Waals surface area contributed by atoms with Gasteiger partial charge in [0, 0.05) is 40.9 Å². The molecule has 0 bridgehead atoms. The van der Waals surface area contributed by atoms with Gasteiger partial charge in [0.2, 0.25) is 0 Å². The van der Waals surface area contributed by atoms with Gasteiger partial charge in [-0.25, -0.2) is 0 Å². The maximum Gasteiger partial charge on any atom is 0.0484 e. The summed E-state index contributed by atoms with van der Waals surface area (Å²) in [6.07, 6.45) is 2.71. The maximum atomic E-state index is 7.79. The second-order valence-electron chi connectivity index (χ2n) is 2.17. The van der Waals surface area contributed by atoms with Crippen molar-refractivity contribution in [2.45, 2.75) is 26.9 Å². The summed E-state index contributed by atoms with van der Waals surface area (Å²) >= 11 is 0. The maximum absolute atomic E-state index is 7.79. The molecule has 0 aromatic heterocycles. The van der Waals surface area contributed by atoms with E-state index in [4.69, 9.17) is 5.53 Å². The van der Waals surface area contributed by atoms with Crippen LogP contribution >= 0.6 is 0 Å². The molecular formula is C6H15N3SiW-. The Labute approximate surface area is 85.1 Å². The molecule has 0 saturated heterocycles. The molecule has 65 valence electrons. The van der Waals surface area contributed by atoms with Gasteiger partial charge in [-0.15, -0.1) is 0 Å².